The van der Waals surface area contributed by atoms with Gasteiger partial charge in [0.05, 0.1) is 11.1 Å². The second-order valence-electron chi connectivity index (χ2n) is 7.02. The van der Waals surface area contributed by atoms with E-state index in [4.69, 9.17) is 4.98 Å². The maximum absolute atomic E-state index is 4.74. The quantitative estimate of drug-likeness (QED) is 0.597. The van der Waals surface area contributed by atoms with E-state index in [1.807, 2.05) is 11.7 Å². The normalized spacial score (nSPS) is 23.4. The average molecular weight is 305 g/mol. The summed E-state index contributed by atoms with van der Waals surface area (Å²) in [6.07, 6.45) is 2.08. The molecule has 0 aliphatic heterocycles. The second kappa shape index (κ2) is 4.92. The Kier molecular flexibility index (Phi) is 3.09. The van der Waals surface area contributed by atoms with Crippen LogP contribution in [0.3, 0.4) is 0 Å². The molecule has 3 atom stereocenters. The molecule has 1 aliphatic carbocycles. The van der Waals surface area contributed by atoms with Crippen LogP contribution in [-0.4, -0.2) is 14.8 Å². The summed E-state index contributed by atoms with van der Waals surface area (Å²) in [5.41, 5.74) is 7.55. The lowest BCUT2D eigenvalue weighted by Crippen LogP contribution is -2.12. The Morgan fingerprint density at radius 2 is 1.70 bits per heavy atom. The lowest BCUT2D eigenvalue weighted by molar-refractivity contribution is 0.422. The van der Waals surface area contributed by atoms with Crippen LogP contribution in [0.2, 0.25) is 0 Å². The fourth-order valence-electron chi connectivity index (χ4n) is 4.18. The van der Waals surface area contributed by atoms with Gasteiger partial charge in [-0.1, -0.05) is 45.0 Å². The minimum absolute atomic E-state index is 0.476. The zero-order valence-electron chi connectivity index (χ0n) is 14.5. The fourth-order valence-corrected chi connectivity index (χ4v) is 4.18. The van der Waals surface area contributed by atoms with Crippen LogP contribution in [0, 0.1) is 12.8 Å². The molecule has 0 spiro atoms. The minimum atomic E-state index is 0.476. The largest absolute Gasteiger partial charge is 0.250 e. The van der Waals surface area contributed by atoms with E-state index in [-0.39, 0.29) is 0 Å². The van der Waals surface area contributed by atoms with Crippen LogP contribution in [0.15, 0.2) is 30.5 Å². The summed E-state index contributed by atoms with van der Waals surface area (Å²) in [6, 6.07) is 8.86. The van der Waals surface area contributed by atoms with Crippen LogP contribution in [0.5, 0.6) is 0 Å². The summed E-state index contributed by atoms with van der Waals surface area (Å²) in [4.78, 5) is 4.74. The maximum atomic E-state index is 4.74. The summed E-state index contributed by atoms with van der Waals surface area (Å²) in [5, 5.41) is 5.83. The van der Waals surface area contributed by atoms with Crippen LogP contribution < -0.4 is 0 Å². The highest BCUT2D eigenvalue weighted by molar-refractivity contribution is 5.98. The first-order valence-electron chi connectivity index (χ1n) is 8.42. The van der Waals surface area contributed by atoms with E-state index in [1.165, 1.54) is 27.6 Å². The number of rotatable bonds is 0. The van der Waals surface area contributed by atoms with E-state index in [1.54, 1.807) is 0 Å². The summed E-state index contributed by atoms with van der Waals surface area (Å²) < 4.78 is 1.90. The summed E-state index contributed by atoms with van der Waals surface area (Å²) in [6.45, 7) is 9.15. The minimum Gasteiger partial charge on any atom is -0.250 e. The van der Waals surface area contributed by atoms with E-state index in [9.17, 15) is 0 Å². The smallest absolute Gasteiger partial charge is 0.158 e. The van der Waals surface area contributed by atoms with Gasteiger partial charge in [0, 0.05) is 13.2 Å². The van der Waals surface area contributed by atoms with Crippen molar-refractivity contribution in [2.24, 2.45) is 13.0 Å². The van der Waals surface area contributed by atoms with Gasteiger partial charge in [-0.2, -0.15) is 5.10 Å². The predicted molar refractivity (Wildman–Crippen MR) is 94.7 cm³/mol. The Bertz CT molecular complexity index is 907. The molecule has 3 nitrogen and oxygen atoms in total. The Hall–Kier alpha value is -2.16. The van der Waals surface area contributed by atoms with Crippen LogP contribution >= 0.6 is 0 Å². The van der Waals surface area contributed by atoms with Crippen LogP contribution in [0.1, 0.15) is 49.4 Å². The van der Waals surface area contributed by atoms with Crippen LogP contribution in [0.25, 0.3) is 22.2 Å². The van der Waals surface area contributed by atoms with Gasteiger partial charge in [0.15, 0.2) is 5.65 Å². The van der Waals surface area contributed by atoms with Gasteiger partial charge in [0.2, 0.25) is 0 Å². The maximum Gasteiger partial charge on any atom is 0.158 e. The number of fused-ring (bicyclic) bond motifs is 5. The first-order chi connectivity index (χ1) is 11.0. The van der Waals surface area contributed by atoms with Crippen molar-refractivity contribution in [3.05, 3.63) is 47.3 Å². The van der Waals surface area contributed by atoms with Crippen LogP contribution in [-0.2, 0) is 7.05 Å². The molecule has 1 aliphatic rings. The van der Waals surface area contributed by atoms with E-state index in [0.29, 0.717) is 17.8 Å². The molecular formula is C20H23N3. The third-order valence-electron chi connectivity index (χ3n) is 5.85. The number of hydrogen-bond acceptors (Lipinski definition) is 2. The summed E-state index contributed by atoms with van der Waals surface area (Å²) >= 11 is 0. The van der Waals surface area contributed by atoms with Gasteiger partial charge in [-0.05, 0) is 46.9 Å². The predicted octanol–water partition coefficient (Wildman–Crippen LogP) is 4.80. The first-order valence-corrected chi connectivity index (χ1v) is 8.42. The van der Waals surface area contributed by atoms with Crippen molar-refractivity contribution in [1.29, 1.82) is 0 Å². The van der Waals surface area contributed by atoms with E-state index >= 15 is 0 Å². The van der Waals surface area contributed by atoms with Gasteiger partial charge >= 0.3 is 0 Å². The third-order valence-corrected chi connectivity index (χ3v) is 5.85. The van der Waals surface area contributed by atoms with E-state index in [2.05, 4.69) is 63.3 Å². The molecule has 3 heteroatoms. The Labute approximate surface area is 137 Å². The molecule has 23 heavy (non-hydrogen) atoms. The number of aromatic nitrogens is 3. The molecule has 2 heterocycles. The van der Waals surface area contributed by atoms with Crippen LogP contribution in [0.4, 0.5) is 0 Å². The Balaban J connectivity index is 2.20. The molecule has 3 aromatic rings. The van der Waals surface area contributed by atoms with Crippen molar-refractivity contribution in [1.82, 2.24) is 14.8 Å². The average Bonchev–Trinajstić information content (AvgIpc) is 2.82. The SMILES string of the molecule is Cc1nn(C)c2ncc3c(c12)-c1ccccc1C(C)C(C)C3C. The van der Waals surface area contributed by atoms with Gasteiger partial charge in [0.25, 0.3) is 0 Å². The fraction of sp³-hybridized carbons (Fsp3) is 0.400. The molecular weight excluding hydrogens is 282 g/mol. The van der Waals surface area contributed by atoms with Crippen molar-refractivity contribution in [3.63, 3.8) is 0 Å². The van der Waals surface area contributed by atoms with Gasteiger partial charge in [-0.3, -0.25) is 4.68 Å². The highest BCUT2D eigenvalue weighted by Crippen LogP contribution is 2.48. The highest BCUT2D eigenvalue weighted by Gasteiger charge is 2.32. The van der Waals surface area contributed by atoms with Crippen molar-refractivity contribution < 1.29 is 0 Å². The number of pyridine rings is 1. The van der Waals surface area contributed by atoms with Crippen molar-refractivity contribution in [2.75, 3.05) is 0 Å². The molecule has 0 N–H and O–H groups in total. The molecule has 0 fully saturated rings. The molecule has 0 bridgehead atoms. The van der Waals surface area contributed by atoms with Crippen molar-refractivity contribution in [2.45, 2.75) is 39.5 Å². The van der Waals surface area contributed by atoms with Crippen molar-refractivity contribution >= 4 is 11.0 Å². The summed E-state index contributed by atoms with van der Waals surface area (Å²) in [7, 11) is 1.98. The third kappa shape index (κ3) is 1.89. The second-order valence-corrected chi connectivity index (χ2v) is 7.02. The number of hydrogen-bond donors (Lipinski definition) is 0. The zero-order valence-corrected chi connectivity index (χ0v) is 14.5. The van der Waals surface area contributed by atoms with Crippen molar-refractivity contribution in [3.8, 4) is 11.1 Å². The Morgan fingerprint density at radius 3 is 2.48 bits per heavy atom. The van der Waals surface area contributed by atoms with E-state index < -0.39 is 0 Å². The van der Waals surface area contributed by atoms with Gasteiger partial charge in [-0.15, -0.1) is 0 Å². The topological polar surface area (TPSA) is 30.7 Å². The molecule has 2 aromatic heterocycles. The molecule has 0 saturated heterocycles. The molecule has 118 valence electrons. The monoisotopic (exact) mass is 305 g/mol. The molecule has 0 saturated carbocycles. The zero-order chi connectivity index (χ0) is 16.3. The first kappa shape index (κ1) is 14.4. The van der Waals surface area contributed by atoms with Gasteiger partial charge < -0.3 is 0 Å². The lowest BCUT2D eigenvalue weighted by atomic mass is 9.80. The molecule has 0 amide bonds. The molecule has 3 unspecified atom stereocenters. The van der Waals surface area contributed by atoms with Gasteiger partial charge in [0.1, 0.15) is 0 Å². The molecule has 1 aromatic carbocycles. The number of benzene rings is 1. The highest BCUT2D eigenvalue weighted by atomic mass is 15.3. The molecule has 4 rings (SSSR count). The number of nitrogens with zero attached hydrogens (tertiary/aromatic N) is 3. The molecule has 0 radical (unpaired) electrons. The van der Waals surface area contributed by atoms with Gasteiger partial charge in [-0.25, -0.2) is 4.98 Å². The number of aryl methyl sites for hydroxylation is 2. The standard InChI is InChI=1S/C20H23N3/c1-11-12(2)15-8-6-7-9-16(15)19-17(13(11)3)10-21-20-18(19)14(4)22-23(20)5/h6-13H,1-5H3. The lowest BCUT2D eigenvalue weighted by Gasteiger charge is -2.24. The van der Waals surface area contributed by atoms with E-state index in [0.717, 1.165) is 11.3 Å². The Morgan fingerprint density at radius 1 is 1.00 bits per heavy atom. The summed E-state index contributed by atoms with van der Waals surface area (Å²) in [5.74, 6) is 1.58.